The highest BCUT2D eigenvalue weighted by molar-refractivity contribution is 9.10. The Morgan fingerprint density at radius 2 is 2.00 bits per heavy atom. The molecule has 0 bridgehead atoms. The molecule has 1 N–H and O–H groups in total. The van der Waals surface area contributed by atoms with Gasteiger partial charge in [-0.15, -0.1) is 0 Å². The van der Waals surface area contributed by atoms with Gasteiger partial charge in [-0.2, -0.15) is 0 Å². The molecular formula is C15H17BrN2. The van der Waals surface area contributed by atoms with Crippen molar-refractivity contribution in [1.82, 2.24) is 4.98 Å². The summed E-state index contributed by atoms with van der Waals surface area (Å²) in [6.07, 6.45) is 2.93. The number of aryl methyl sites for hydroxylation is 3. The molecule has 18 heavy (non-hydrogen) atoms. The molecule has 0 aliphatic rings. The first-order valence-corrected chi connectivity index (χ1v) is 6.88. The lowest BCUT2D eigenvalue weighted by Crippen LogP contribution is -1.96. The molecule has 0 aliphatic heterocycles. The predicted octanol–water partition coefficient (Wildman–Crippen LogP) is 4.77. The summed E-state index contributed by atoms with van der Waals surface area (Å²) in [5.74, 6) is 0.851. The Labute approximate surface area is 117 Å². The lowest BCUT2D eigenvalue weighted by Gasteiger charge is -2.10. The highest BCUT2D eigenvalue weighted by atomic mass is 79.9. The number of nitrogens with zero attached hydrogens (tertiary/aromatic N) is 1. The van der Waals surface area contributed by atoms with Crippen LogP contribution in [0.5, 0.6) is 0 Å². The van der Waals surface area contributed by atoms with E-state index in [2.05, 4.69) is 64.3 Å². The van der Waals surface area contributed by atoms with E-state index in [9.17, 15) is 0 Å². The molecule has 0 atom stereocenters. The second-order valence-electron chi connectivity index (χ2n) is 4.46. The van der Waals surface area contributed by atoms with Crippen molar-refractivity contribution >= 4 is 27.4 Å². The smallest absolute Gasteiger partial charge is 0.144 e. The molecule has 2 aromatic rings. The zero-order valence-corrected chi connectivity index (χ0v) is 12.5. The molecule has 1 aromatic carbocycles. The second-order valence-corrected chi connectivity index (χ2v) is 5.32. The molecule has 0 unspecified atom stereocenters. The molecule has 3 heteroatoms. The van der Waals surface area contributed by atoms with Crippen LogP contribution in [-0.2, 0) is 6.42 Å². The van der Waals surface area contributed by atoms with Crippen molar-refractivity contribution in [3.63, 3.8) is 0 Å². The van der Waals surface area contributed by atoms with Gasteiger partial charge in [0.05, 0.1) is 4.47 Å². The molecule has 0 aliphatic carbocycles. The molecule has 94 valence electrons. The number of nitrogens with one attached hydrogen (secondary N) is 1. The molecular weight excluding hydrogens is 288 g/mol. The van der Waals surface area contributed by atoms with Gasteiger partial charge in [0.15, 0.2) is 0 Å². The fourth-order valence-corrected chi connectivity index (χ4v) is 2.50. The van der Waals surface area contributed by atoms with E-state index in [4.69, 9.17) is 0 Å². The summed E-state index contributed by atoms with van der Waals surface area (Å²) in [7, 11) is 0. The van der Waals surface area contributed by atoms with Crippen LogP contribution >= 0.6 is 15.9 Å². The number of pyridine rings is 1. The molecule has 0 saturated heterocycles. The Morgan fingerprint density at radius 3 is 2.61 bits per heavy atom. The van der Waals surface area contributed by atoms with Crippen molar-refractivity contribution in [1.29, 1.82) is 0 Å². The summed E-state index contributed by atoms with van der Waals surface area (Å²) < 4.78 is 0.986. The van der Waals surface area contributed by atoms with E-state index in [1.54, 1.807) is 0 Å². The van der Waals surface area contributed by atoms with Crippen molar-refractivity contribution in [2.45, 2.75) is 27.2 Å². The minimum absolute atomic E-state index is 0.851. The van der Waals surface area contributed by atoms with Gasteiger partial charge in [0, 0.05) is 11.9 Å². The SMILES string of the molecule is CCc1ccc(Nc2ncc(C)cc2Br)cc1C. The molecule has 0 fully saturated rings. The van der Waals surface area contributed by atoms with Gasteiger partial charge in [-0.1, -0.05) is 13.0 Å². The maximum atomic E-state index is 4.39. The molecule has 1 aromatic heterocycles. The van der Waals surface area contributed by atoms with Gasteiger partial charge >= 0.3 is 0 Å². The van der Waals surface area contributed by atoms with E-state index in [0.717, 1.165) is 28.0 Å². The van der Waals surface area contributed by atoms with Gasteiger partial charge in [-0.25, -0.2) is 4.98 Å². The molecule has 0 radical (unpaired) electrons. The summed E-state index contributed by atoms with van der Waals surface area (Å²) in [6.45, 7) is 6.34. The Kier molecular flexibility index (Phi) is 4.02. The highest BCUT2D eigenvalue weighted by Gasteiger charge is 2.03. The van der Waals surface area contributed by atoms with Crippen molar-refractivity contribution in [3.05, 3.63) is 51.6 Å². The van der Waals surface area contributed by atoms with E-state index >= 15 is 0 Å². The third kappa shape index (κ3) is 2.91. The van der Waals surface area contributed by atoms with Crippen LogP contribution in [0, 0.1) is 13.8 Å². The summed E-state index contributed by atoms with van der Waals surface area (Å²) in [5, 5.41) is 3.33. The molecule has 0 saturated carbocycles. The first-order valence-electron chi connectivity index (χ1n) is 6.09. The monoisotopic (exact) mass is 304 g/mol. The summed E-state index contributed by atoms with van der Waals surface area (Å²) in [4.78, 5) is 4.39. The van der Waals surface area contributed by atoms with E-state index in [-0.39, 0.29) is 0 Å². The maximum Gasteiger partial charge on any atom is 0.144 e. The minimum Gasteiger partial charge on any atom is -0.339 e. The Balaban J connectivity index is 2.26. The van der Waals surface area contributed by atoms with Crippen molar-refractivity contribution in [2.75, 3.05) is 5.32 Å². The number of aromatic nitrogens is 1. The Hall–Kier alpha value is -1.35. The van der Waals surface area contributed by atoms with Gasteiger partial charge in [-0.05, 0) is 71.1 Å². The van der Waals surface area contributed by atoms with Crippen molar-refractivity contribution in [2.24, 2.45) is 0 Å². The van der Waals surface area contributed by atoms with E-state index < -0.39 is 0 Å². The number of rotatable bonds is 3. The van der Waals surface area contributed by atoms with Gasteiger partial charge in [0.2, 0.25) is 0 Å². The van der Waals surface area contributed by atoms with Crippen LogP contribution in [0.3, 0.4) is 0 Å². The van der Waals surface area contributed by atoms with Crippen LogP contribution in [-0.4, -0.2) is 4.98 Å². The zero-order chi connectivity index (χ0) is 13.1. The Morgan fingerprint density at radius 1 is 1.22 bits per heavy atom. The Bertz CT molecular complexity index is 564. The normalized spacial score (nSPS) is 10.4. The number of hydrogen-bond donors (Lipinski definition) is 1. The van der Waals surface area contributed by atoms with Crippen molar-refractivity contribution in [3.8, 4) is 0 Å². The van der Waals surface area contributed by atoms with Crippen LogP contribution in [0.2, 0.25) is 0 Å². The predicted molar refractivity (Wildman–Crippen MR) is 80.5 cm³/mol. The average Bonchev–Trinajstić information content (AvgIpc) is 2.33. The lowest BCUT2D eigenvalue weighted by atomic mass is 10.1. The quantitative estimate of drug-likeness (QED) is 0.883. The molecule has 0 spiro atoms. The van der Waals surface area contributed by atoms with E-state index in [1.807, 2.05) is 13.1 Å². The standard InChI is InChI=1S/C15H17BrN2/c1-4-12-5-6-13(8-11(12)3)18-15-14(16)7-10(2)9-17-15/h5-9H,4H2,1-3H3,(H,17,18). The first kappa shape index (κ1) is 13.1. The molecule has 2 rings (SSSR count). The first-order chi connectivity index (χ1) is 8.60. The van der Waals surface area contributed by atoms with Crippen LogP contribution in [0.1, 0.15) is 23.6 Å². The van der Waals surface area contributed by atoms with Crippen LogP contribution < -0.4 is 5.32 Å². The van der Waals surface area contributed by atoms with E-state index in [1.165, 1.54) is 11.1 Å². The fourth-order valence-electron chi connectivity index (χ4n) is 1.93. The third-order valence-corrected chi connectivity index (χ3v) is 3.57. The lowest BCUT2D eigenvalue weighted by molar-refractivity contribution is 1.11. The van der Waals surface area contributed by atoms with Gasteiger partial charge in [0.1, 0.15) is 5.82 Å². The van der Waals surface area contributed by atoms with Gasteiger partial charge in [-0.3, -0.25) is 0 Å². The zero-order valence-electron chi connectivity index (χ0n) is 10.9. The average molecular weight is 305 g/mol. The number of halogens is 1. The van der Waals surface area contributed by atoms with E-state index in [0.29, 0.717) is 0 Å². The molecule has 1 heterocycles. The highest BCUT2D eigenvalue weighted by Crippen LogP contribution is 2.25. The summed E-state index contributed by atoms with van der Waals surface area (Å²) in [5.41, 5.74) is 4.91. The fraction of sp³-hybridized carbons (Fsp3) is 0.267. The molecule has 0 amide bonds. The number of benzene rings is 1. The minimum atomic E-state index is 0.851. The second kappa shape index (κ2) is 5.53. The maximum absolute atomic E-state index is 4.39. The number of anilines is 2. The summed E-state index contributed by atoms with van der Waals surface area (Å²) in [6, 6.07) is 8.48. The van der Waals surface area contributed by atoms with Crippen LogP contribution in [0.15, 0.2) is 34.9 Å². The topological polar surface area (TPSA) is 24.9 Å². The van der Waals surface area contributed by atoms with Crippen molar-refractivity contribution < 1.29 is 0 Å². The summed E-state index contributed by atoms with van der Waals surface area (Å²) >= 11 is 3.53. The van der Waals surface area contributed by atoms with Gasteiger partial charge in [0.25, 0.3) is 0 Å². The largest absolute Gasteiger partial charge is 0.339 e. The third-order valence-electron chi connectivity index (χ3n) is 2.96. The molecule has 2 nitrogen and oxygen atoms in total. The van der Waals surface area contributed by atoms with Crippen LogP contribution in [0.25, 0.3) is 0 Å². The number of hydrogen-bond acceptors (Lipinski definition) is 2. The van der Waals surface area contributed by atoms with Crippen LogP contribution in [0.4, 0.5) is 11.5 Å². The van der Waals surface area contributed by atoms with Gasteiger partial charge < -0.3 is 5.32 Å².